The molecular formula is C15H14ClNO2S. The second-order valence-corrected chi connectivity index (χ2v) is 6.34. The van der Waals surface area contributed by atoms with Crippen molar-refractivity contribution in [1.29, 1.82) is 0 Å². The van der Waals surface area contributed by atoms with Crippen LogP contribution < -0.4 is 10.5 Å². The number of benzene rings is 1. The molecule has 0 fully saturated rings. The van der Waals surface area contributed by atoms with Gasteiger partial charge >= 0.3 is 0 Å². The summed E-state index contributed by atoms with van der Waals surface area (Å²) in [6.45, 7) is 2.05. The fourth-order valence-corrected chi connectivity index (χ4v) is 3.52. The molecule has 1 aliphatic heterocycles. The van der Waals surface area contributed by atoms with Crippen molar-refractivity contribution in [3.05, 3.63) is 39.7 Å². The van der Waals surface area contributed by atoms with E-state index < -0.39 is 0 Å². The van der Waals surface area contributed by atoms with Crippen molar-refractivity contribution in [1.82, 2.24) is 0 Å². The van der Waals surface area contributed by atoms with E-state index in [0.717, 1.165) is 33.1 Å². The molecule has 3 nitrogen and oxygen atoms in total. The molecular weight excluding hydrogens is 294 g/mol. The fraction of sp³-hybridized carbons (Fsp3) is 0.267. The largest absolute Gasteiger partial charge is 0.487 e. The van der Waals surface area contributed by atoms with Crippen LogP contribution in [0.5, 0.6) is 5.75 Å². The number of thiophene rings is 1. The summed E-state index contributed by atoms with van der Waals surface area (Å²) in [5.41, 5.74) is 7.75. The molecule has 1 aromatic heterocycles. The van der Waals surface area contributed by atoms with Crippen LogP contribution in [-0.2, 0) is 6.42 Å². The van der Waals surface area contributed by atoms with E-state index in [1.54, 1.807) is 6.92 Å². The summed E-state index contributed by atoms with van der Waals surface area (Å²) >= 11 is 7.77. The van der Waals surface area contributed by atoms with Crippen LogP contribution in [0.3, 0.4) is 0 Å². The normalized spacial score (nSPS) is 16.9. The first-order valence-corrected chi connectivity index (χ1v) is 7.58. The van der Waals surface area contributed by atoms with Crippen LogP contribution in [0.25, 0.3) is 10.4 Å². The summed E-state index contributed by atoms with van der Waals surface area (Å²) in [5, 5.41) is 0.603. The van der Waals surface area contributed by atoms with Crippen molar-refractivity contribution in [2.45, 2.75) is 19.4 Å². The molecule has 1 atom stereocenters. The average Bonchev–Trinajstić information content (AvgIpc) is 3.05. The number of fused-ring (bicyclic) bond motifs is 1. The first kappa shape index (κ1) is 13.6. The van der Waals surface area contributed by atoms with Crippen LogP contribution in [0.1, 0.15) is 22.2 Å². The Labute approximate surface area is 126 Å². The Morgan fingerprint density at radius 1 is 1.50 bits per heavy atom. The Morgan fingerprint density at radius 2 is 2.30 bits per heavy atom. The summed E-state index contributed by atoms with van der Waals surface area (Å²) in [6.07, 6.45) is 0.790. The summed E-state index contributed by atoms with van der Waals surface area (Å²) in [6, 6.07) is 7.76. The van der Waals surface area contributed by atoms with Crippen molar-refractivity contribution < 1.29 is 9.53 Å². The number of ketones is 1. The van der Waals surface area contributed by atoms with Gasteiger partial charge in [0.2, 0.25) is 0 Å². The van der Waals surface area contributed by atoms with Gasteiger partial charge in [0, 0.05) is 23.4 Å². The van der Waals surface area contributed by atoms with Gasteiger partial charge in [0.1, 0.15) is 11.9 Å². The van der Waals surface area contributed by atoms with Gasteiger partial charge in [-0.05, 0) is 36.8 Å². The van der Waals surface area contributed by atoms with E-state index >= 15 is 0 Å². The highest BCUT2D eigenvalue weighted by molar-refractivity contribution is 7.17. The minimum atomic E-state index is 0.00821. The molecule has 0 spiro atoms. The van der Waals surface area contributed by atoms with Crippen molar-refractivity contribution in [2.24, 2.45) is 5.73 Å². The predicted molar refractivity (Wildman–Crippen MR) is 81.9 cm³/mol. The molecule has 0 radical (unpaired) electrons. The number of ether oxygens (including phenoxy) is 1. The summed E-state index contributed by atoms with van der Waals surface area (Å²) < 4.78 is 5.71. The average molecular weight is 308 g/mol. The van der Waals surface area contributed by atoms with Gasteiger partial charge in [-0.2, -0.15) is 0 Å². The molecule has 3 rings (SSSR count). The van der Waals surface area contributed by atoms with Crippen molar-refractivity contribution in [2.75, 3.05) is 6.54 Å². The lowest BCUT2D eigenvalue weighted by Gasteiger charge is -2.07. The lowest BCUT2D eigenvalue weighted by atomic mass is 10.1. The maximum atomic E-state index is 11.4. The molecule has 0 unspecified atom stereocenters. The van der Waals surface area contributed by atoms with Gasteiger partial charge in [-0.15, -0.1) is 11.3 Å². The number of Topliss-reactive ketones (excluding diaryl/α,β-unsaturated/α-hetero) is 1. The highest BCUT2D eigenvalue weighted by Gasteiger charge is 2.25. The lowest BCUT2D eigenvalue weighted by molar-refractivity contribution is 0.102. The molecule has 2 N–H and O–H groups in total. The number of hydrogen-bond donors (Lipinski definition) is 1. The number of carbonyl (C=O) groups is 1. The molecule has 0 bridgehead atoms. The van der Waals surface area contributed by atoms with Gasteiger partial charge in [-0.3, -0.25) is 4.79 Å². The Bertz CT molecular complexity index is 681. The summed E-state index contributed by atoms with van der Waals surface area (Å²) in [4.78, 5) is 13.2. The van der Waals surface area contributed by atoms with E-state index in [-0.39, 0.29) is 11.9 Å². The number of halogens is 1. The molecule has 0 saturated carbocycles. The summed E-state index contributed by atoms with van der Waals surface area (Å²) in [5.74, 6) is 0.828. The maximum absolute atomic E-state index is 11.4. The topological polar surface area (TPSA) is 52.3 Å². The molecule has 1 aromatic carbocycles. The standard InChI is InChI=1S/C15H14ClNO2S/c1-8(18)13-2-3-14(20-13)9-4-10-5-11(7-17)19-15(10)12(16)6-9/h2-4,6,11H,5,7,17H2,1H3/t11-/m0/s1. The SMILES string of the molecule is CC(=O)c1ccc(-c2cc(Cl)c3c(c2)C[C@@H](CN)O3)s1. The van der Waals surface area contributed by atoms with Crippen molar-refractivity contribution >= 4 is 28.7 Å². The molecule has 2 heterocycles. The molecule has 5 heteroatoms. The Hall–Kier alpha value is -1.36. The third-order valence-corrected chi connectivity index (χ3v) is 4.87. The summed E-state index contributed by atoms with van der Waals surface area (Å²) in [7, 11) is 0. The highest BCUT2D eigenvalue weighted by atomic mass is 35.5. The van der Waals surface area contributed by atoms with Crippen molar-refractivity contribution in [3.63, 3.8) is 0 Å². The number of nitrogens with two attached hydrogens (primary N) is 1. The van der Waals surface area contributed by atoms with E-state index in [1.807, 2.05) is 18.2 Å². The second-order valence-electron chi connectivity index (χ2n) is 4.85. The highest BCUT2D eigenvalue weighted by Crippen LogP contribution is 2.40. The van der Waals surface area contributed by atoms with Gasteiger partial charge < -0.3 is 10.5 Å². The third-order valence-electron chi connectivity index (χ3n) is 3.35. The van der Waals surface area contributed by atoms with Crippen LogP contribution in [0.4, 0.5) is 0 Å². The minimum absolute atomic E-state index is 0.00821. The molecule has 104 valence electrons. The maximum Gasteiger partial charge on any atom is 0.169 e. The Kier molecular flexibility index (Phi) is 3.54. The zero-order valence-corrected chi connectivity index (χ0v) is 12.6. The van der Waals surface area contributed by atoms with Crippen LogP contribution in [-0.4, -0.2) is 18.4 Å². The van der Waals surface area contributed by atoms with E-state index in [4.69, 9.17) is 22.1 Å². The second kappa shape index (κ2) is 5.20. The lowest BCUT2D eigenvalue weighted by Crippen LogP contribution is -2.24. The predicted octanol–water partition coefficient (Wildman–Crippen LogP) is 3.53. The van der Waals surface area contributed by atoms with Crippen LogP contribution in [0.2, 0.25) is 5.02 Å². The molecule has 2 aromatic rings. The minimum Gasteiger partial charge on any atom is -0.487 e. The van der Waals surface area contributed by atoms with E-state index in [9.17, 15) is 4.79 Å². The van der Waals surface area contributed by atoms with Gasteiger partial charge in [-0.25, -0.2) is 0 Å². The molecule has 0 saturated heterocycles. The molecule has 1 aliphatic rings. The van der Waals surface area contributed by atoms with Gasteiger partial charge in [0.15, 0.2) is 5.78 Å². The van der Waals surface area contributed by atoms with E-state index in [2.05, 4.69) is 6.07 Å². The third kappa shape index (κ3) is 2.35. The quantitative estimate of drug-likeness (QED) is 0.883. The van der Waals surface area contributed by atoms with Crippen molar-refractivity contribution in [3.8, 4) is 16.2 Å². The molecule has 0 amide bonds. The van der Waals surface area contributed by atoms with Crippen LogP contribution in [0, 0.1) is 0 Å². The molecule has 0 aliphatic carbocycles. The zero-order valence-electron chi connectivity index (χ0n) is 11.0. The van der Waals surface area contributed by atoms with Crippen LogP contribution >= 0.6 is 22.9 Å². The Morgan fingerprint density at radius 3 is 2.95 bits per heavy atom. The fourth-order valence-electron chi connectivity index (χ4n) is 2.34. The number of rotatable bonds is 3. The van der Waals surface area contributed by atoms with Gasteiger partial charge in [0.25, 0.3) is 0 Å². The van der Waals surface area contributed by atoms with E-state index in [0.29, 0.717) is 11.6 Å². The van der Waals surface area contributed by atoms with Crippen LogP contribution in [0.15, 0.2) is 24.3 Å². The van der Waals surface area contributed by atoms with Gasteiger partial charge in [-0.1, -0.05) is 11.6 Å². The number of hydrogen-bond acceptors (Lipinski definition) is 4. The van der Waals surface area contributed by atoms with E-state index in [1.165, 1.54) is 11.3 Å². The zero-order chi connectivity index (χ0) is 14.3. The smallest absolute Gasteiger partial charge is 0.169 e. The molecule has 20 heavy (non-hydrogen) atoms. The number of carbonyl (C=O) groups excluding carboxylic acids is 1. The first-order chi connectivity index (χ1) is 9.58. The Balaban J connectivity index is 2.00. The first-order valence-electron chi connectivity index (χ1n) is 6.38. The monoisotopic (exact) mass is 307 g/mol. The van der Waals surface area contributed by atoms with Gasteiger partial charge in [0.05, 0.1) is 9.90 Å².